The minimum Gasteiger partial charge on any atom is -0.352 e. The van der Waals surface area contributed by atoms with Crippen molar-refractivity contribution in [3.8, 4) is 0 Å². The number of pyridine rings is 1. The summed E-state index contributed by atoms with van der Waals surface area (Å²) in [5.41, 5.74) is 2.69. The maximum absolute atomic E-state index is 11.7. The molecule has 0 saturated carbocycles. The summed E-state index contributed by atoms with van der Waals surface area (Å²) in [6.45, 7) is 2.34. The molecule has 5 heteroatoms. The zero-order valence-corrected chi connectivity index (χ0v) is 11.8. The first-order chi connectivity index (χ1) is 10.1. The predicted octanol–water partition coefficient (Wildman–Crippen LogP) is 2.04. The summed E-state index contributed by atoms with van der Waals surface area (Å²) in [5, 5.41) is 5.37. The summed E-state index contributed by atoms with van der Waals surface area (Å²) in [6, 6.07) is 11.1. The van der Waals surface area contributed by atoms with E-state index in [0.29, 0.717) is 12.2 Å². The molecule has 0 fully saturated rings. The molecule has 5 nitrogen and oxygen atoms in total. The molecule has 0 unspecified atom stereocenters. The zero-order valence-electron chi connectivity index (χ0n) is 11.8. The van der Waals surface area contributed by atoms with Gasteiger partial charge in [-0.1, -0.05) is 23.8 Å². The minimum absolute atomic E-state index is 0.200. The summed E-state index contributed by atoms with van der Waals surface area (Å²) in [5.74, 6) is -0.647. The third-order valence-electron chi connectivity index (χ3n) is 2.87. The van der Waals surface area contributed by atoms with Crippen molar-refractivity contribution >= 4 is 17.5 Å². The van der Waals surface area contributed by atoms with Crippen LogP contribution in [0.25, 0.3) is 0 Å². The van der Waals surface area contributed by atoms with Crippen LogP contribution in [0.3, 0.4) is 0 Å². The van der Waals surface area contributed by atoms with E-state index in [1.807, 2.05) is 25.1 Å². The highest BCUT2D eigenvalue weighted by molar-refractivity contribution is 6.03. The predicted molar refractivity (Wildman–Crippen MR) is 80.5 cm³/mol. The van der Waals surface area contributed by atoms with E-state index < -0.39 is 0 Å². The SMILES string of the molecule is Cc1ccc(NC(=O)CC(=O)NCc2cccnc2)cc1. The molecule has 1 heterocycles. The molecular formula is C16H17N3O2. The number of nitrogens with one attached hydrogen (secondary N) is 2. The van der Waals surface area contributed by atoms with Crippen LogP contribution in [0.1, 0.15) is 17.5 Å². The fourth-order valence-electron chi connectivity index (χ4n) is 1.75. The second-order valence-corrected chi connectivity index (χ2v) is 4.73. The molecule has 0 bridgehead atoms. The van der Waals surface area contributed by atoms with Crippen LogP contribution in [0.5, 0.6) is 0 Å². The van der Waals surface area contributed by atoms with E-state index >= 15 is 0 Å². The largest absolute Gasteiger partial charge is 0.352 e. The van der Waals surface area contributed by atoms with Crippen LogP contribution >= 0.6 is 0 Å². The van der Waals surface area contributed by atoms with Crippen molar-refractivity contribution in [1.82, 2.24) is 10.3 Å². The highest BCUT2D eigenvalue weighted by atomic mass is 16.2. The molecule has 2 aromatic rings. The van der Waals surface area contributed by atoms with Gasteiger partial charge in [0.05, 0.1) is 0 Å². The van der Waals surface area contributed by atoms with Gasteiger partial charge in [-0.2, -0.15) is 0 Å². The van der Waals surface area contributed by atoms with Crippen LogP contribution in [0.2, 0.25) is 0 Å². The normalized spacial score (nSPS) is 9.95. The Labute approximate surface area is 123 Å². The molecule has 0 spiro atoms. The summed E-state index contributed by atoms with van der Waals surface area (Å²) < 4.78 is 0. The Kier molecular flexibility index (Phi) is 5.04. The number of carbonyl (C=O) groups is 2. The quantitative estimate of drug-likeness (QED) is 0.825. The van der Waals surface area contributed by atoms with E-state index in [1.54, 1.807) is 30.6 Å². The molecule has 0 aliphatic carbocycles. The molecule has 2 N–H and O–H groups in total. The number of hydrogen-bond donors (Lipinski definition) is 2. The molecule has 1 aromatic carbocycles. The van der Waals surface area contributed by atoms with Gasteiger partial charge in [0.1, 0.15) is 6.42 Å². The maximum Gasteiger partial charge on any atom is 0.233 e. The lowest BCUT2D eigenvalue weighted by Gasteiger charge is -2.07. The number of anilines is 1. The first-order valence-corrected chi connectivity index (χ1v) is 6.65. The number of aryl methyl sites for hydroxylation is 1. The molecule has 108 valence electrons. The molecule has 0 atom stereocenters. The van der Waals surface area contributed by atoms with Crippen molar-refractivity contribution in [3.63, 3.8) is 0 Å². The molecule has 1 aromatic heterocycles. The first kappa shape index (κ1) is 14.7. The van der Waals surface area contributed by atoms with Gasteiger partial charge in [0.2, 0.25) is 11.8 Å². The topological polar surface area (TPSA) is 71.1 Å². The van der Waals surface area contributed by atoms with Gasteiger partial charge in [0, 0.05) is 24.6 Å². The van der Waals surface area contributed by atoms with Gasteiger partial charge in [-0.05, 0) is 30.7 Å². The average molecular weight is 283 g/mol. The second kappa shape index (κ2) is 7.19. The lowest BCUT2D eigenvalue weighted by atomic mass is 10.2. The van der Waals surface area contributed by atoms with Crippen molar-refractivity contribution in [3.05, 3.63) is 59.9 Å². The Morgan fingerprint density at radius 1 is 1.10 bits per heavy atom. The summed E-state index contributed by atoms with van der Waals surface area (Å²) in [6.07, 6.45) is 3.14. The van der Waals surface area contributed by atoms with Gasteiger partial charge >= 0.3 is 0 Å². The average Bonchev–Trinajstić information content (AvgIpc) is 2.48. The van der Waals surface area contributed by atoms with Crippen LogP contribution in [0, 0.1) is 6.92 Å². The Morgan fingerprint density at radius 3 is 2.52 bits per heavy atom. The first-order valence-electron chi connectivity index (χ1n) is 6.65. The third kappa shape index (κ3) is 5.06. The third-order valence-corrected chi connectivity index (χ3v) is 2.87. The van der Waals surface area contributed by atoms with E-state index in [-0.39, 0.29) is 18.2 Å². The highest BCUT2D eigenvalue weighted by Gasteiger charge is 2.09. The number of carbonyl (C=O) groups excluding carboxylic acids is 2. The number of aromatic nitrogens is 1. The molecule has 0 aliphatic heterocycles. The van der Waals surface area contributed by atoms with Crippen LogP contribution in [0.4, 0.5) is 5.69 Å². The molecule has 0 saturated heterocycles. The van der Waals surface area contributed by atoms with Gasteiger partial charge in [0.25, 0.3) is 0 Å². The standard InChI is InChI=1S/C16H17N3O2/c1-12-4-6-14(7-5-12)19-16(21)9-15(20)18-11-13-3-2-8-17-10-13/h2-8,10H,9,11H2,1H3,(H,18,20)(H,19,21). The van der Waals surface area contributed by atoms with E-state index in [0.717, 1.165) is 11.1 Å². The van der Waals surface area contributed by atoms with E-state index in [4.69, 9.17) is 0 Å². The number of hydrogen-bond acceptors (Lipinski definition) is 3. The molecule has 0 radical (unpaired) electrons. The summed E-state index contributed by atoms with van der Waals surface area (Å²) in [4.78, 5) is 27.4. The number of nitrogens with zero attached hydrogens (tertiary/aromatic N) is 1. The van der Waals surface area contributed by atoms with Crippen LogP contribution in [0.15, 0.2) is 48.8 Å². The van der Waals surface area contributed by atoms with Crippen molar-refractivity contribution in [2.75, 3.05) is 5.32 Å². The van der Waals surface area contributed by atoms with Crippen molar-refractivity contribution in [1.29, 1.82) is 0 Å². The molecule has 0 aliphatic rings. The fourth-order valence-corrected chi connectivity index (χ4v) is 1.75. The monoisotopic (exact) mass is 283 g/mol. The number of rotatable bonds is 5. The number of benzene rings is 1. The van der Waals surface area contributed by atoms with E-state index in [9.17, 15) is 9.59 Å². The van der Waals surface area contributed by atoms with Gasteiger partial charge in [0.15, 0.2) is 0 Å². The second-order valence-electron chi connectivity index (χ2n) is 4.73. The minimum atomic E-state index is -0.331. The van der Waals surface area contributed by atoms with Gasteiger partial charge < -0.3 is 10.6 Å². The molecule has 2 rings (SSSR count). The Hall–Kier alpha value is -2.69. The summed E-state index contributed by atoms with van der Waals surface area (Å²) >= 11 is 0. The van der Waals surface area contributed by atoms with Crippen LogP contribution in [-0.4, -0.2) is 16.8 Å². The number of amides is 2. The molecule has 2 amide bonds. The Balaban J connectivity index is 1.77. The molecular weight excluding hydrogens is 266 g/mol. The summed E-state index contributed by atoms with van der Waals surface area (Å²) in [7, 11) is 0. The highest BCUT2D eigenvalue weighted by Crippen LogP contribution is 2.08. The smallest absolute Gasteiger partial charge is 0.233 e. The van der Waals surface area contributed by atoms with Gasteiger partial charge in [-0.3, -0.25) is 14.6 Å². The van der Waals surface area contributed by atoms with E-state index in [1.165, 1.54) is 0 Å². The fraction of sp³-hybridized carbons (Fsp3) is 0.188. The lowest BCUT2D eigenvalue weighted by molar-refractivity contribution is -0.126. The zero-order chi connectivity index (χ0) is 15.1. The molecule has 21 heavy (non-hydrogen) atoms. The van der Waals surface area contributed by atoms with Crippen LogP contribution in [-0.2, 0) is 16.1 Å². The van der Waals surface area contributed by atoms with Gasteiger partial charge in [-0.25, -0.2) is 0 Å². The van der Waals surface area contributed by atoms with E-state index in [2.05, 4.69) is 15.6 Å². The van der Waals surface area contributed by atoms with Crippen molar-refractivity contribution < 1.29 is 9.59 Å². The van der Waals surface area contributed by atoms with Crippen molar-refractivity contribution in [2.45, 2.75) is 19.9 Å². The Bertz CT molecular complexity index is 609. The Morgan fingerprint density at radius 2 is 1.86 bits per heavy atom. The van der Waals surface area contributed by atoms with Crippen LogP contribution < -0.4 is 10.6 Å². The maximum atomic E-state index is 11.7. The van der Waals surface area contributed by atoms with Gasteiger partial charge in [-0.15, -0.1) is 0 Å². The van der Waals surface area contributed by atoms with Crippen molar-refractivity contribution in [2.24, 2.45) is 0 Å². The lowest BCUT2D eigenvalue weighted by Crippen LogP contribution is -2.27.